The minimum Gasteiger partial charge on any atom is -0.459 e. The maximum atomic E-state index is 12.8. The average molecular weight is 358 g/mol. The van der Waals surface area contributed by atoms with Crippen molar-refractivity contribution in [1.29, 1.82) is 0 Å². The lowest BCUT2D eigenvalue weighted by Crippen LogP contribution is -2.50. The number of halogens is 9. The number of carbonyl (C=O) groups excluding carboxylic acids is 1. The highest BCUT2D eigenvalue weighted by atomic mass is 19.4. The Balaban J connectivity index is 5.38. The molecule has 0 fully saturated rings. The zero-order chi connectivity index (χ0) is 18.9. The number of allylic oxidation sites excluding steroid dienone is 1. The molecule has 23 heavy (non-hydrogen) atoms. The average Bonchev–Trinajstić information content (AvgIpc) is 2.30. The monoisotopic (exact) mass is 358 g/mol. The van der Waals surface area contributed by atoms with Gasteiger partial charge in [-0.05, 0) is 6.92 Å². The van der Waals surface area contributed by atoms with Gasteiger partial charge < -0.3 is 4.74 Å². The van der Waals surface area contributed by atoms with Crippen LogP contribution in [-0.2, 0) is 9.53 Å². The summed E-state index contributed by atoms with van der Waals surface area (Å²) in [6.07, 6.45) is -21.3. The summed E-state index contributed by atoms with van der Waals surface area (Å²) in [5.74, 6) is -2.16. The quantitative estimate of drug-likeness (QED) is 0.308. The SMILES string of the molecule is C=CC(CC(C)OC(=O)C(=C)C(F)(F)F)(C(F)(F)F)C(F)(F)F. The van der Waals surface area contributed by atoms with Gasteiger partial charge in [-0.2, -0.15) is 39.5 Å². The van der Waals surface area contributed by atoms with Gasteiger partial charge in [0.05, 0.1) is 0 Å². The standard InChI is InChI=1S/C12H11F9O2/c1-4-9(11(16,17)18,12(19,20)21)5-6(2)23-8(22)7(3)10(13,14)15/h4,6H,1,3,5H2,2H3. The first-order valence-electron chi connectivity index (χ1n) is 5.73. The highest BCUT2D eigenvalue weighted by Crippen LogP contribution is 2.54. The van der Waals surface area contributed by atoms with Crippen LogP contribution >= 0.6 is 0 Å². The second kappa shape index (κ2) is 6.44. The highest BCUT2D eigenvalue weighted by molar-refractivity contribution is 5.89. The third-order valence-corrected chi connectivity index (χ3v) is 2.87. The van der Waals surface area contributed by atoms with Crippen molar-refractivity contribution in [3.05, 3.63) is 24.8 Å². The van der Waals surface area contributed by atoms with Crippen LogP contribution in [-0.4, -0.2) is 30.6 Å². The molecule has 134 valence electrons. The molecule has 0 aliphatic rings. The Kier molecular flexibility index (Phi) is 5.97. The molecular formula is C12H11F9O2. The van der Waals surface area contributed by atoms with Crippen molar-refractivity contribution in [2.24, 2.45) is 5.41 Å². The van der Waals surface area contributed by atoms with Crippen LogP contribution in [0.2, 0.25) is 0 Å². The smallest absolute Gasteiger partial charge is 0.422 e. The predicted octanol–water partition coefficient (Wildman–Crippen LogP) is 4.72. The molecule has 0 aliphatic carbocycles. The van der Waals surface area contributed by atoms with E-state index in [0.29, 0.717) is 6.92 Å². The van der Waals surface area contributed by atoms with Gasteiger partial charge in [-0.15, -0.1) is 6.58 Å². The molecule has 0 amide bonds. The van der Waals surface area contributed by atoms with Gasteiger partial charge in [0.1, 0.15) is 11.7 Å². The van der Waals surface area contributed by atoms with E-state index in [4.69, 9.17) is 0 Å². The van der Waals surface area contributed by atoms with Crippen molar-refractivity contribution in [3.8, 4) is 0 Å². The van der Waals surface area contributed by atoms with Crippen molar-refractivity contribution in [2.75, 3.05) is 0 Å². The second-order valence-electron chi connectivity index (χ2n) is 4.57. The Labute approximate surface area is 124 Å². The van der Waals surface area contributed by atoms with Crippen LogP contribution in [0.4, 0.5) is 39.5 Å². The Morgan fingerprint density at radius 3 is 1.70 bits per heavy atom. The largest absolute Gasteiger partial charge is 0.459 e. The summed E-state index contributed by atoms with van der Waals surface area (Å²) in [7, 11) is 0. The molecule has 0 spiro atoms. The molecule has 0 aliphatic heterocycles. The van der Waals surface area contributed by atoms with E-state index in [-0.39, 0.29) is 0 Å². The second-order valence-corrected chi connectivity index (χ2v) is 4.57. The predicted molar refractivity (Wildman–Crippen MR) is 60.1 cm³/mol. The molecule has 0 aromatic carbocycles. The number of carbonyl (C=O) groups is 1. The summed E-state index contributed by atoms with van der Waals surface area (Å²) in [5.41, 5.74) is -6.48. The van der Waals surface area contributed by atoms with E-state index < -0.39 is 54.1 Å². The molecule has 1 unspecified atom stereocenters. The van der Waals surface area contributed by atoms with E-state index in [0.717, 1.165) is 0 Å². The molecule has 0 saturated heterocycles. The van der Waals surface area contributed by atoms with E-state index in [2.05, 4.69) is 17.9 Å². The van der Waals surface area contributed by atoms with Gasteiger partial charge in [0.15, 0.2) is 5.41 Å². The fourth-order valence-electron chi connectivity index (χ4n) is 1.57. The lowest BCUT2D eigenvalue weighted by Gasteiger charge is -2.36. The molecule has 0 N–H and O–H groups in total. The highest BCUT2D eigenvalue weighted by Gasteiger charge is 2.69. The van der Waals surface area contributed by atoms with E-state index in [1.54, 1.807) is 0 Å². The minimum absolute atomic E-state index is 0.421. The van der Waals surface area contributed by atoms with Crippen LogP contribution in [0.25, 0.3) is 0 Å². The van der Waals surface area contributed by atoms with Crippen LogP contribution < -0.4 is 0 Å². The molecule has 0 rings (SSSR count). The maximum absolute atomic E-state index is 12.8. The molecule has 0 radical (unpaired) electrons. The van der Waals surface area contributed by atoms with Gasteiger partial charge in [-0.3, -0.25) is 0 Å². The number of alkyl halides is 9. The molecular weight excluding hydrogens is 347 g/mol. The Hall–Kier alpha value is -1.68. The molecule has 0 heterocycles. The third-order valence-electron chi connectivity index (χ3n) is 2.87. The van der Waals surface area contributed by atoms with Crippen molar-refractivity contribution in [2.45, 2.75) is 38.0 Å². The van der Waals surface area contributed by atoms with Gasteiger partial charge in [0.25, 0.3) is 0 Å². The van der Waals surface area contributed by atoms with Crippen molar-refractivity contribution >= 4 is 5.97 Å². The lowest BCUT2D eigenvalue weighted by atomic mass is 9.81. The molecule has 0 aromatic rings. The zero-order valence-electron chi connectivity index (χ0n) is 11.5. The summed E-state index contributed by atoms with van der Waals surface area (Å²) in [4.78, 5) is 11.0. The first kappa shape index (κ1) is 21.3. The van der Waals surface area contributed by atoms with E-state index in [1.807, 2.05) is 0 Å². The Morgan fingerprint density at radius 1 is 1.04 bits per heavy atom. The summed E-state index contributed by atoms with van der Waals surface area (Å²) in [6, 6.07) is 0. The van der Waals surface area contributed by atoms with E-state index in [1.165, 1.54) is 0 Å². The van der Waals surface area contributed by atoms with Crippen LogP contribution in [0.5, 0.6) is 0 Å². The fraction of sp³-hybridized carbons (Fsp3) is 0.583. The molecule has 0 aromatic heterocycles. The summed E-state index contributed by atoms with van der Waals surface area (Å²) in [5, 5.41) is 0. The minimum atomic E-state index is -5.84. The van der Waals surface area contributed by atoms with E-state index >= 15 is 0 Å². The first-order chi connectivity index (χ1) is 9.99. The summed E-state index contributed by atoms with van der Waals surface area (Å²) >= 11 is 0. The van der Waals surface area contributed by atoms with Gasteiger partial charge >= 0.3 is 24.5 Å². The Morgan fingerprint density at radius 2 is 1.43 bits per heavy atom. The molecule has 1 atom stereocenters. The fourth-order valence-corrected chi connectivity index (χ4v) is 1.57. The normalized spacial score (nSPS) is 15.0. The maximum Gasteiger partial charge on any atom is 0.422 e. The summed E-state index contributed by atoms with van der Waals surface area (Å²) < 4.78 is 117. The topological polar surface area (TPSA) is 26.3 Å². The number of ether oxygens (including phenoxy) is 1. The van der Waals surface area contributed by atoms with Crippen molar-refractivity contribution in [3.63, 3.8) is 0 Å². The Bertz CT molecular complexity index is 456. The lowest BCUT2D eigenvalue weighted by molar-refractivity contribution is -0.327. The molecule has 11 heteroatoms. The third kappa shape index (κ3) is 4.64. The zero-order valence-corrected chi connectivity index (χ0v) is 11.5. The first-order valence-corrected chi connectivity index (χ1v) is 5.73. The van der Waals surface area contributed by atoms with Crippen LogP contribution in [0, 0.1) is 5.41 Å². The molecule has 0 saturated carbocycles. The molecule has 0 bridgehead atoms. The van der Waals surface area contributed by atoms with Crippen molar-refractivity contribution < 1.29 is 49.0 Å². The van der Waals surface area contributed by atoms with Gasteiger partial charge in [-0.25, -0.2) is 4.79 Å². The summed E-state index contributed by atoms with van der Waals surface area (Å²) in [6.45, 7) is 5.42. The number of hydrogen-bond donors (Lipinski definition) is 0. The van der Waals surface area contributed by atoms with Crippen LogP contribution in [0.15, 0.2) is 24.8 Å². The van der Waals surface area contributed by atoms with E-state index in [9.17, 15) is 44.3 Å². The van der Waals surface area contributed by atoms with Gasteiger partial charge in [0, 0.05) is 6.42 Å². The van der Waals surface area contributed by atoms with Gasteiger partial charge in [-0.1, -0.05) is 12.7 Å². The number of hydrogen-bond acceptors (Lipinski definition) is 2. The number of esters is 1. The molecule has 2 nitrogen and oxygen atoms in total. The van der Waals surface area contributed by atoms with Crippen LogP contribution in [0.1, 0.15) is 13.3 Å². The van der Waals surface area contributed by atoms with Gasteiger partial charge in [0.2, 0.25) is 0 Å². The van der Waals surface area contributed by atoms with Crippen LogP contribution in [0.3, 0.4) is 0 Å². The number of rotatable bonds is 5. The van der Waals surface area contributed by atoms with Crippen molar-refractivity contribution in [1.82, 2.24) is 0 Å².